The van der Waals surface area contributed by atoms with Crippen LogP contribution in [0.15, 0.2) is 120 Å². The van der Waals surface area contributed by atoms with E-state index in [2.05, 4.69) is 25.7 Å². The average Bonchev–Trinajstić information content (AvgIpc) is 1.62. The van der Waals surface area contributed by atoms with Gasteiger partial charge in [0, 0.05) is 58.7 Å². The van der Waals surface area contributed by atoms with Gasteiger partial charge in [-0.05, 0) is 167 Å². The number of pyridine rings is 1. The van der Waals surface area contributed by atoms with E-state index in [9.17, 15) is 83.6 Å². The number of fused-ring (bicyclic) bond motifs is 3. The number of nitro benzene ring substituents is 4. The molecule has 5 N–H and O–H groups in total. The normalized spacial score (nSPS) is 15.5. The van der Waals surface area contributed by atoms with Crippen LogP contribution in [0.2, 0.25) is 5.02 Å². The second-order valence-electron chi connectivity index (χ2n) is 26.6. The van der Waals surface area contributed by atoms with Crippen LogP contribution in [0.1, 0.15) is 143 Å². The van der Waals surface area contributed by atoms with Crippen LogP contribution < -0.4 is 27.6 Å². The van der Waals surface area contributed by atoms with E-state index in [0.717, 1.165) is 34.1 Å². The van der Waals surface area contributed by atoms with E-state index < -0.39 is 112 Å². The quantitative estimate of drug-likeness (QED) is 0.0247. The molecule has 108 heavy (non-hydrogen) atoms. The highest BCUT2D eigenvalue weighted by atomic mass is 79.9. The third-order valence-corrected chi connectivity index (χ3v) is 18.2. The van der Waals surface area contributed by atoms with Gasteiger partial charge in [0.05, 0.1) is 121 Å². The number of carbonyl (C=O) groups excluding carboxylic acids is 4. The fourth-order valence-electron chi connectivity index (χ4n) is 10.2. The Hall–Kier alpha value is -9.72. The van der Waals surface area contributed by atoms with Crippen LogP contribution >= 0.6 is 27.5 Å². The molecule has 39 heteroatoms. The first kappa shape index (κ1) is 87.2. The van der Waals surface area contributed by atoms with Crippen LogP contribution in [0.4, 0.5) is 42.0 Å². The molecule has 2 fully saturated rings. The summed E-state index contributed by atoms with van der Waals surface area (Å²) in [6, 6.07) is 26.5. The van der Waals surface area contributed by atoms with Crippen LogP contribution in [0, 0.1) is 52.1 Å². The number of nitro groups is 4. The molecule has 0 spiro atoms. The van der Waals surface area contributed by atoms with Gasteiger partial charge in [-0.15, -0.1) is 0 Å². The number of rotatable bonds is 10. The van der Waals surface area contributed by atoms with Gasteiger partial charge in [-0.3, -0.25) is 45.3 Å². The number of amides is 2. The molecule has 31 nitrogen and oxygen atoms in total. The Morgan fingerprint density at radius 3 is 1.49 bits per heavy atom. The fourth-order valence-corrected chi connectivity index (χ4v) is 10.9. The Morgan fingerprint density at radius 2 is 1.03 bits per heavy atom. The van der Waals surface area contributed by atoms with Crippen LogP contribution in [0.25, 0.3) is 11.3 Å². The zero-order valence-corrected chi connectivity index (χ0v) is 63.6. The number of ether oxygens (including phenoxy) is 3. The number of nitrogens with two attached hydrogens (primary N) is 1. The molecule has 0 radical (unpaired) electrons. The minimum atomic E-state index is -0.934. The number of esters is 2. The molecule has 1 aromatic heterocycles. The number of hydrogen-bond acceptors (Lipinski definition) is 26. The van der Waals surface area contributed by atoms with Crippen molar-refractivity contribution in [3.63, 3.8) is 0 Å². The van der Waals surface area contributed by atoms with Gasteiger partial charge in [0.25, 0.3) is 28.7 Å². The number of nitrogens with zero attached hydrogens (tertiary/aromatic N) is 6. The second-order valence-corrected chi connectivity index (χ2v) is 27.9. The zero-order chi connectivity index (χ0) is 81.0. The molecule has 2 amide bonds. The number of benzene rings is 6. The number of methoxy groups -OCH3 is 2. The molecule has 6 aromatic carbocycles. The van der Waals surface area contributed by atoms with E-state index in [-0.39, 0.29) is 81.2 Å². The highest BCUT2D eigenvalue weighted by Crippen LogP contribution is 2.39. The molecule has 572 valence electrons. The molecular weight excluding hydrogens is 1510 g/mol. The minimum Gasteiger partial charge on any atom is -0.465 e. The first-order chi connectivity index (χ1) is 50.4. The molecule has 2 saturated heterocycles. The molecule has 0 saturated carbocycles. The lowest BCUT2D eigenvalue weighted by molar-refractivity contribution is -0.385. The zero-order valence-electron chi connectivity index (χ0n) is 61.3. The van der Waals surface area contributed by atoms with Crippen molar-refractivity contribution in [2.24, 2.45) is 0 Å². The summed E-state index contributed by atoms with van der Waals surface area (Å²) in [6.07, 6.45) is -0.838. The Morgan fingerprint density at radius 1 is 0.620 bits per heavy atom. The van der Waals surface area contributed by atoms with Gasteiger partial charge < -0.3 is 63.0 Å². The Balaban J connectivity index is 0.000000206. The van der Waals surface area contributed by atoms with Crippen molar-refractivity contribution in [1.29, 1.82) is 0 Å². The van der Waals surface area contributed by atoms with Gasteiger partial charge in [-0.2, -0.15) is 0 Å². The maximum absolute atomic E-state index is 14.0. The number of anilines is 1. The number of hydrogen-bond donors (Lipinski definition) is 4. The van der Waals surface area contributed by atoms with Crippen molar-refractivity contribution in [1.82, 2.24) is 9.88 Å². The molecule has 5 aliphatic rings. The molecule has 0 aliphatic carbocycles. The Labute approximate surface area is 633 Å². The summed E-state index contributed by atoms with van der Waals surface area (Å²) in [6.45, 7) is 24.5. The monoisotopic (exact) mass is 1580 g/mol. The maximum Gasteiger partial charge on any atom is 0.495 e. The number of carbonyl (C=O) groups is 4. The van der Waals surface area contributed by atoms with E-state index >= 15 is 0 Å². The first-order valence-corrected chi connectivity index (χ1v) is 34.0. The van der Waals surface area contributed by atoms with Crippen LogP contribution in [-0.4, -0.2) is 139 Å². The summed E-state index contributed by atoms with van der Waals surface area (Å²) in [4.78, 5) is 93.1. The molecule has 0 bridgehead atoms. The third kappa shape index (κ3) is 20.9. The van der Waals surface area contributed by atoms with Crippen LogP contribution in [-0.2, 0) is 68.5 Å². The molecule has 6 heterocycles. The van der Waals surface area contributed by atoms with E-state index in [4.69, 9.17) is 54.7 Å². The number of halogens is 4. The van der Waals surface area contributed by atoms with Gasteiger partial charge in [0.15, 0.2) is 0 Å². The molecular formula is C69H77B4BrClF2N7O24. The summed E-state index contributed by atoms with van der Waals surface area (Å²) < 4.78 is 76.3. The van der Waals surface area contributed by atoms with Gasteiger partial charge >= 0.3 is 46.5 Å². The van der Waals surface area contributed by atoms with Crippen molar-refractivity contribution in [2.45, 2.75) is 144 Å². The lowest BCUT2D eigenvalue weighted by Gasteiger charge is -2.32. The van der Waals surface area contributed by atoms with E-state index in [1.165, 1.54) is 87.0 Å². The largest absolute Gasteiger partial charge is 0.495 e. The number of nitrogen functional groups attached to an aromatic ring is 1. The summed E-state index contributed by atoms with van der Waals surface area (Å²) in [5.41, 5.74) is 7.53. The lowest BCUT2D eigenvalue weighted by atomic mass is 9.75. The Kier molecular flexibility index (Phi) is 29.1. The van der Waals surface area contributed by atoms with Crippen molar-refractivity contribution in [2.75, 3.05) is 20.0 Å². The number of non-ortho nitro benzene ring substituents is 4. The number of aliphatic hydroxyl groups excluding tert-OH is 1. The number of imide groups is 1. The van der Waals surface area contributed by atoms with E-state index in [1.54, 1.807) is 39.0 Å². The molecule has 5 aliphatic heterocycles. The highest BCUT2D eigenvalue weighted by Gasteiger charge is 2.54. The standard InChI is InChI=1S/C18H15ClF2N2O3.C14H18BNO6.C13H18BNO5.C8H6BrNO4.C7H6BNO4.C7H8BNO2.C2H6/c1-18(2,3)26-17(25)23-8-13-14(16(23)24)9(19)7-12(22-13)15-10(20)5-4-6-11(15)21;1-13(2)14(3,4)22-15(21-13)11-7-6-9(16(18)19)8-10(11)12(17)20-5;1-12(2)13(3,4)20-14(19-12)11-6-5-10(15(17)18)7-9(11)8-16;1-14-8(11)6-4-5(10(12)13)2-3-7(6)9;10-8-7-2-1-6(9(11)12)3-5(7)4-13-8;9-6-1-2-7-5(3-6)4-11-8(7)10;1-2/h4-7H,8H2,1-3H3;6-8H,1-5H3;5-7,16H,8H2,1-4H3;2-4H,1H3;1-3,10H,4H2;1-3,10H,4,9H2;1-2H3. The second kappa shape index (κ2) is 36.0. The van der Waals surface area contributed by atoms with Crippen molar-refractivity contribution in [3.05, 3.63) is 216 Å². The summed E-state index contributed by atoms with van der Waals surface area (Å²) in [7, 11) is -0.688. The molecule has 7 aromatic rings. The topological polar surface area (TPSA) is 427 Å². The van der Waals surface area contributed by atoms with Crippen molar-refractivity contribution in [3.8, 4) is 11.3 Å². The molecule has 12 rings (SSSR count). The van der Waals surface area contributed by atoms with Gasteiger partial charge in [0.1, 0.15) is 17.2 Å². The van der Waals surface area contributed by atoms with E-state index in [1.807, 2.05) is 75.3 Å². The van der Waals surface area contributed by atoms with Gasteiger partial charge in [-0.25, -0.2) is 33.0 Å². The summed E-state index contributed by atoms with van der Waals surface area (Å²) in [5, 5.41) is 70.3. The smallest absolute Gasteiger partial charge is 0.465 e. The fraction of sp³-hybridized carbons (Fsp3) is 0.348. The van der Waals surface area contributed by atoms with Gasteiger partial charge in [-0.1, -0.05) is 55.8 Å². The molecule has 0 atom stereocenters. The van der Waals surface area contributed by atoms with Crippen LogP contribution in [0.5, 0.6) is 0 Å². The van der Waals surface area contributed by atoms with Gasteiger partial charge in [0.2, 0.25) is 0 Å². The maximum atomic E-state index is 14.0. The average molecular weight is 1590 g/mol. The van der Waals surface area contributed by atoms with Crippen LogP contribution in [0.3, 0.4) is 0 Å². The molecule has 0 unspecified atom stereocenters. The summed E-state index contributed by atoms with van der Waals surface area (Å²) in [5.74, 6) is -3.55. The number of aromatic nitrogens is 1. The minimum absolute atomic E-state index is 0.0245. The predicted molar refractivity (Wildman–Crippen MR) is 398 cm³/mol. The Bertz CT molecular complexity index is 4530. The van der Waals surface area contributed by atoms with Crippen molar-refractivity contribution < 1.29 is 105 Å². The van der Waals surface area contributed by atoms with E-state index in [0.29, 0.717) is 44.3 Å². The SMILES string of the molecule is CC.CC(C)(C)OC(=O)N1Cc2nc(-c3c(F)cccc3F)cc(Cl)c2C1=O.CC1(C)OB(c2ccc([N+](=O)[O-])cc2CO)OC1(C)C.COC(=O)c1cc([N+](=O)[O-])ccc1B1OC(C)(C)C(C)(C)O1.COC(=O)c1cc([N+](=O)[O-])ccc1Br.Nc1ccc2c(c1)COB2O.O=[N+]([O-])c1ccc2c(c1)COB2O. The lowest BCUT2D eigenvalue weighted by Crippen LogP contribution is -2.41. The van der Waals surface area contributed by atoms with Crippen molar-refractivity contribution >= 4 is 130 Å². The first-order valence-electron chi connectivity index (χ1n) is 32.8. The highest BCUT2D eigenvalue weighted by molar-refractivity contribution is 9.10. The predicted octanol–water partition coefficient (Wildman–Crippen LogP) is 10.1. The third-order valence-electron chi connectivity index (χ3n) is 17.2. The summed E-state index contributed by atoms with van der Waals surface area (Å²) >= 11 is 9.24. The number of aliphatic hydroxyl groups is 1.